The Morgan fingerprint density at radius 3 is 2.89 bits per heavy atom. The van der Waals surface area contributed by atoms with E-state index in [0.717, 1.165) is 41.8 Å². The molecule has 5 nitrogen and oxygen atoms in total. The van der Waals surface area contributed by atoms with Crippen molar-refractivity contribution in [2.24, 2.45) is 0 Å². The second-order valence-electron chi connectivity index (χ2n) is 7.65. The number of fused-ring (bicyclic) bond motifs is 1. The standard InChI is InChI=1S/C22H25ClN2O3/c1-14-5-6-16(10-24-14)8-17-9-19-20(26)11-25(18-4-3-7-27-12-18)13-28-22(19)21(23)15(17)2/h5-6,9-10,18H,3-4,7-8,11-13H2,1-2H3. The molecule has 0 aliphatic carbocycles. The Morgan fingerprint density at radius 1 is 1.32 bits per heavy atom. The van der Waals surface area contributed by atoms with Crippen molar-refractivity contribution in [3.63, 3.8) is 0 Å². The van der Waals surface area contributed by atoms with Crippen molar-refractivity contribution < 1.29 is 14.3 Å². The molecule has 3 heterocycles. The van der Waals surface area contributed by atoms with Crippen molar-refractivity contribution in [3.8, 4) is 5.75 Å². The number of Topliss-reactive ketones (excluding diaryl/α,β-unsaturated/α-hetero) is 1. The lowest BCUT2D eigenvalue weighted by Gasteiger charge is -2.31. The summed E-state index contributed by atoms with van der Waals surface area (Å²) in [6, 6.07) is 6.21. The van der Waals surface area contributed by atoms with E-state index in [-0.39, 0.29) is 11.8 Å². The Morgan fingerprint density at radius 2 is 2.18 bits per heavy atom. The van der Waals surface area contributed by atoms with E-state index in [9.17, 15) is 4.79 Å². The fourth-order valence-electron chi connectivity index (χ4n) is 3.84. The minimum atomic E-state index is 0.0447. The summed E-state index contributed by atoms with van der Waals surface area (Å²) in [5, 5.41) is 0.530. The highest BCUT2D eigenvalue weighted by Crippen LogP contribution is 2.37. The zero-order valence-corrected chi connectivity index (χ0v) is 17.1. The molecule has 1 aromatic carbocycles. The third-order valence-electron chi connectivity index (χ3n) is 5.62. The molecule has 148 valence electrons. The molecule has 0 radical (unpaired) electrons. The maximum atomic E-state index is 13.0. The molecule has 6 heteroatoms. The predicted molar refractivity (Wildman–Crippen MR) is 108 cm³/mol. The van der Waals surface area contributed by atoms with Crippen LogP contribution < -0.4 is 4.74 Å². The SMILES string of the molecule is Cc1ccc(Cc2cc3c(c(Cl)c2C)OCN(C2CCCOC2)CC3=O)cn1. The molecule has 4 rings (SSSR count). The zero-order valence-electron chi connectivity index (χ0n) is 16.3. The second kappa shape index (κ2) is 8.19. The van der Waals surface area contributed by atoms with Gasteiger partial charge in [-0.25, -0.2) is 0 Å². The van der Waals surface area contributed by atoms with Gasteiger partial charge in [-0.1, -0.05) is 17.7 Å². The van der Waals surface area contributed by atoms with Gasteiger partial charge in [0.15, 0.2) is 11.5 Å². The van der Waals surface area contributed by atoms with Crippen LogP contribution in [0.25, 0.3) is 0 Å². The van der Waals surface area contributed by atoms with E-state index < -0.39 is 0 Å². The van der Waals surface area contributed by atoms with Crippen LogP contribution in [0.15, 0.2) is 24.4 Å². The van der Waals surface area contributed by atoms with Crippen molar-refractivity contribution in [2.75, 3.05) is 26.5 Å². The van der Waals surface area contributed by atoms with E-state index in [4.69, 9.17) is 21.1 Å². The van der Waals surface area contributed by atoms with Gasteiger partial charge in [-0.05, 0) is 61.9 Å². The highest BCUT2D eigenvalue weighted by atomic mass is 35.5. The topological polar surface area (TPSA) is 51.7 Å². The number of halogens is 1. The number of rotatable bonds is 3. The Balaban J connectivity index is 1.62. The first-order chi connectivity index (χ1) is 13.5. The number of aromatic nitrogens is 1. The number of pyridine rings is 1. The summed E-state index contributed by atoms with van der Waals surface area (Å²) >= 11 is 6.64. The first kappa shape index (κ1) is 19.4. The average Bonchev–Trinajstić information content (AvgIpc) is 2.87. The maximum absolute atomic E-state index is 13.0. The van der Waals surface area contributed by atoms with Crippen molar-refractivity contribution in [3.05, 3.63) is 57.4 Å². The van der Waals surface area contributed by atoms with E-state index in [1.165, 1.54) is 0 Å². The highest BCUT2D eigenvalue weighted by molar-refractivity contribution is 6.33. The van der Waals surface area contributed by atoms with Gasteiger partial charge in [0.1, 0.15) is 6.73 Å². The molecule has 0 spiro atoms. The maximum Gasteiger partial charge on any atom is 0.180 e. The van der Waals surface area contributed by atoms with Gasteiger partial charge in [0.05, 0.1) is 23.7 Å². The summed E-state index contributed by atoms with van der Waals surface area (Å²) in [5.41, 5.74) is 4.62. The molecule has 2 aromatic rings. The molecule has 28 heavy (non-hydrogen) atoms. The first-order valence-electron chi connectivity index (χ1n) is 9.74. The Hall–Kier alpha value is -1.95. The summed E-state index contributed by atoms with van der Waals surface area (Å²) in [6.07, 6.45) is 4.58. The highest BCUT2D eigenvalue weighted by Gasteiger charge is 2.30. The van der Waals surface area contributed by atoms with Gasteiger partial charge >= 0.3 is 0 Å². The lowest BCUT2D eigenvalue weighted by molar-refractivity contribution is -0.00536. The van der Waals surface area contributed by atoms with Gasteiger partial charge in [-0.2, -0.15) is 0 Å². The number of carbonyl (C=O) groups is 1. The Kier molecular flexibility index (Phi) is 5.67. The van der Waals surface area contributed by atoms with Crippen molar-refractivity contribution in [1.29, 1.82) is 0 Å². The van der Waals surface area contributed by atoms with E-state index in [0.29, 0.717) is 42.6 Å². The van der Waals surface area contributed by atoms with Gasteiger partial charge < -0.3 is 9.47 Å². The molecule has 2 aliphatic rings. The summed E-state index contributed by atoms with van der Waals surface area (Å²) in [7, 11) is 0. The molecular formula is C22H25ClN2O3. The van der Waals surface area contributed by atoms with E-state index in [2.05, 4.69) is 16.0 Å². The number of nitrogens with zero attached hydrogens (tertiary/aromatic N) is 2. The summed E-state index contributed by atoms with van der Waals surface area (Å²) in [6.45, 7) is 6.06. The number of carbonyl (C=O) groups excluding carboxylic acids is 1. The van der Waals surface area contributed by atoms with Gasteiger partial charge in [0.25, 0.3) is 0 Å². The van der Waals surface area contributed by atoms with E-state index >= 15 is 0 Å². The molecule has 0 bridgehead atoms. The number of ether oxygens (including phenoxy) is 2. The fourth-order valence-corrected chi connectivity index (χ4v) is 4.12. The van der Waals surface area contributed by atoms with Crippen LogP contribution in [0.1, 0.15) is 45.6 Å². The summed E-state index contributed by atoms with van der Waals surface area (Å²) in [5.74, 6) is 0.553. The quantitative estimate of drug-likeness (QED) is 0.780. The van der Waals surface area contributed by atoms with Crippen LogP contribution in [-0.4, -0.2) is 48.2 Å². The van der Waals surface area contributed by atoms with Crippen LogP contribution in [0.3, 0.4) is 0 Å². The van der Waals surface area contributed by atoms with Crippen LogP contribution in [0.4, 0.5) is 0 Å². The molecule has 0 amide bonds. The lowest BCUT2D eigenvalue weighted by Crippen LogP contribution is -2.44. The molecule has 0 saturated carbocycles. The van der Waals surface area contributed by atoms with Crippen molar-refractivity contribution in [2.45, 2.75) is 39.2 Å². The monoisotopic (exact) mass is 400 g/mol. The Labute approximate surface area is 170 Å². The van der Waals surface area contributed by atoms with E-state index in [1.807, 2.05) is 32.2 Å². The van der Waals surface area contributed by atoms with Crippen LogP contribution in [0.5, 0.6) is 5.75 Å². The summed E-state index contributed by atoms with van der Waals surface area (Å²) in [4.78, 5) is 19.5. The number of benzene rings is 1. The molecule has 1 unspecified atom stereocenters. The van der Waals surface area contributed by atoms with E-state index in [1.54, 1.807) is 0 Å². The van der Waals surface area contributed by atoms with Crippen LogP contribution in [0, 0.1) is 13.8 Å². The number of ketones is 1. The first-order valence-corrected chi connectivity index (χ1v) is 10.1. The minimum Gasteiger partial charge on any atom is -0.476 e. The molecule has 1 fully saturated rings. The van der Waals surface area contributed by atoms with Crippen LogP contribution in [0.2, 0.25) is 5.02 Å². The normalized spacial score (nSPS) is 20.4. The second-order valence-corrected chi connectivity index (χ2v) is 8.03. The summed E-state index contributed by atoms with van der Waals surface area (Å²) < 4.78 is 11.6. The molecule has 1 aromatic heterocycles. The molecule has 1 saturated heterocycles. The van der Waals surface area contributed by atoms with Gasteiger partial charge in [0.2, 0.25) is 0 Å². The fraction of sp³-hybridized carbons (Fsp3) is 0.455. The zero-order chi connectivity index (χ0) is 19.7. The largest absolute Gasteiger partial charge is 0.476 e. The van der Waals surface area contributed by atoms with Gasteiger partial charge in [-0.15, -0.1) is 0 Å². The van der Waals surface area contributed by atoms with Gasteiger partial charge in [-0.3, -0.25) is 14.7 Å². The molecule has 0 N–H and O–H groups in total. The molecule has 2 aliphatic heterocycles. The van der Waals surface area contributed by atoms with Crippen LogP contribution >= 0.6 is 11.6 Å². The molecular weight excluding hydrogens is 376 g/mol. The Bertz CT molecular complexity index is 876. The van der Waals surface area contributed by atoms with Crippen molar-refractivity contribution in [1.82, 2.24) is 9.88 Å². The van der Waals surface area contributed by atoms with Crippen LogP contribution in [-0.2, 0) is 11.2 Å². The number of hydrogen-bond donors (Lipinski definition) is 0. The molecule has 1 atom stereocenters. The smallest absolute Gasteiger partial charge is 0.180 e. The number of hydrogen-bond acceptors (Lipinski definition) is 5. The third kappa shape index (κ3) is 3.93. The number of aryl methyl sites for hydroxylation is 1. The average molecular weight is 401 g/mol. The lowest BCUT2D eigenvalue weighted by atomic mass is 9.96. The minimum absolute atomic E-state index is 0.0447. The predicted octanol–water partition coefficient (Wildman–Crippen LogP) is 3.96. The third-order valence-corrected chi connectivity index (χ3v) is 6.07. The van der Waals surface area contributed by atoms with Crippen molar-refractivity contribution >= 4 is 17.4 Å². The van der Waals surface area contributed by atoms with Gasteiger partial charge in [0, 0.05) is 24.5 Å².